The quantitative estimate of drug-likeness (QED) is 0.184. The van der Waals surface area contributed by atoms with Gasteiger partial charge in [-0.2, -0.15) is 4.73 Å². The highest BCUT2D eigenvalue weighted by molar-refractivity contribution is 6.30. The third-order valence-corrected chi connectivity index (χ3v) is 9.56. The van der Waals surface area contributed by atoms with Crippen molar-refractivity contribution in [2.45, 2.75) is 110 Å². The molecule has 2 aromatic carbocycles. The van der Waals surface area contributed by atoms with Crippen LogP contribution in [0.25, 0.3) is 10.9 Å². The minimum Gasteiger partial charge on any atom is -0.417 e. The van der Waals surface area contributed by atoms with E-state index in [1.54, 1.807) is 11.8 Å². The molecule has 0 spiro atoms. The molecule has 0 radical (unpaired) electrons. The number of aromatic nitrogens is 1. The van der Waals surface area contributed by atoms with E-state index >= 15 is 0 Å². The number of amides is 3. The summed E-state index contributed by atoms with van der Waals surface area (Å²) in [6, 6.07) is 15.4. The van der Waals surface area contributed by atoms with E-state index in [4.69, 9.17) is 16.4 Å². The maximum Gasteiger partial charge on any atom is 0.243 e. The normalized spacial score (nSPS) is 17.4. The van der Waals surface area contributed by atoms with Gasteiger partial charge in [0.15, 0.2) is 0 Å². The van der Waals surface area contributed by atoms with Crippen molar-refractivity contribution in [1.29, 1.82) is 0 Å². The summed E-state index contributed by atoms with van der Waals surface area (Å²) >= 11 is 5.85. The molecule has 5 rings (SSSR count). The van der Waals surface area contributed by atoms with E-state index in [1.807, 2.05) is 60.5 Å². The van der Waals surface area contributed by atoms with Gasteiger partial charge >= 0.3 is 0 Å². The van der Waals surface area contributed by atoms with Crippen LogP contribution in [-0.4, -0.2) is 71.8 Å². The smallest absolute Gasteiger partial charge is 0.243 e. The van der Waals surface area contributed by atoms with Crippen molar-refractivity contribution in [3.8, 4) is 0 Å². The summed E-state index contributed by atoms with van der Waals surface area (Å²) < 4.78 is 1.78. The van der Waals surface area contributed by atoms with Crippen LogP contribution in [0.4, 0.5) is 0 Å². The van der Waals surface area contributed by atoms with E-state index < -0.39 is 5.60 Å². The van der Waals surface area contributed by atoms with Gasteiger partial charge in [0.2, 0.25) is 17.7 Å². The summed E-state index contributed by atoms with van der Waals surface area (Å²) in [5.41, 5.74) is 3.39. The van der Waals surface area contributed by atoms with Crippen LogP contribution in [0.5, 0.6) is 0 Å². The van der Waals surface area contributed by atoms with Crippen molar-refractivity contribution in [3.05, 3.63) is 83.2 Å². The van der Waals surface area contributed by atoms with Crippen LogP contribution in [0.15, 0.2) is 67.0 Å². The van der Waals surface area contributed by atoms with Crippen LogP contribution in [0.2, 0.25) is 5.02 Å². The first-order valence-corrected chi connectivity index (χ1v) is 19.2. The highest BCUT2D eigenvalue weighted by Gasteiger charge is 2.30. The number of aryl methyl sites for hydroxylation is 1. The topological polar surface area (TPSA) is 125 Å². The molecule has 2 atom stereocenters. The van der Waals surface area contributed by atoms with E-state index in [1.165, 1.54) is 36.6 Å². The van der Waals surface area contributed by atoms with Gasteiger partial charge in [-0.1, -0.05) is 108 Å². The molecule has 2 aliphatic heterocycles. The van der Waals surface area contributed by atoms with Crippen LogP contribution in [0.3, 0.4) is 0 Å². The monoisotopic (exact) mass is 739 g/mol. The number of benzene rings is 2. The Labute approximate surface area is 316 Å². The van der Waals surface area contributed by atoms with Crippen LogP contribution >= 0.6 is 11.6 Å². The van der Waals surface area contributed by atoms with Crippen molar-refractivity contribution in [2.24, 2.45) is 0 Å². The van der Waals surface area contributed by atoms with E-state index in [9.17, 15) is 19.5 Å². The molecule has 0 aliphatic carbocycles. The average molecular weight is 740 g/mol. The number of para-hydroxylation sites is 1. The number of carbonyl (C=O) groups excluding carboxylic acids is 3. The van der Waals surface area contributed by atoms with Gasteiger partial charge < -0.3 is 30.8 Å². The van der Waals surface area contributed by atoms with E-state index in [2.05, 4.69) is 56.3 Å². The molecule has 2 unspecified atom stereocenters. The average Bonchev–Trinajstić information content (AvgIpc) is 3.50. The molecule has 1 aromatic heterocycles. The molecule has 2 saturated heterocycles. The van der Waals surface area contributed by atoms with Gasteiger partial charge in [0.05, 0.1) is 30.8 Å². The molecule has 10 nitrogen and oxygen atoms in total. The number of nitrogens with zero attached hydrogens (tertiary/aromatic N) is 2. The predicted octanol–water partition coefficient (Wildman–Crippen LogP) is 7.05. The third-order valence-electron chi connectivity index (χ3n) is 9.30. The van der Waals surface area contributed by atoms with Gasteiger partial charge in [0.25, 0.3) is 0 Å². The number of halogens is 1. The second-order valence-corrected chi connectivity index (χ2v) is 13.7. The Hall–Kier alpha value is -4.02. The molecular formula is C41H62ClN5O5. The molecule has 3 amide bonds. The number of rotatable bonds is 8. The van der Waals surface area contributed by atoms with Gasteiger partial charge in [0, 0.05) is 28.8 Å². The molecule has 2 fully saturated rings. The maximum atomic E-state index is 12.2. The van der Waals surface area contributed by atoms with Crippen molar-refractivity contribution in [2.75, 3.05) is 33.3 Å². The molecular weight excluding hydrogens is 678 g/mol. The van der Waals surface area contributed by atoms with Gasteiger partial charge in [0.1, 0.15) is 13.2 Å². The molecule has 2 aliphatic rings. The minimum absolute atomic E-state index is 0.0919. The second-order valence-electron chi connectivity index (χ2n) is 13.2. The molecule has 0 saturated carbocycles. The highest BCUT2D eigenvalue weighted by atomic mass is 35.5. The summed E-state index contributed by atoms with van der Waals surface area (Å²) in [6.45, 7) is 15.4. The van der Waals surface area contributed by atoms with Gasteiger partial charge in [-0.05, 0) is 68.4 Å². The summed E-state index contributed by atoms with van der Waals surface area (Å²) in [4.78, 5) is 42.3. The van der Waals surface area contributed by atoms with Gasteiger partial charge in [-0.25, -0.2) is 0 Å². The molecule has 3 aromatic rings. The number of aliphatic hydroxyl groups is 1. The number of piperidine rings is 1. The first-order chi connectivity index (χ1) is 24.9. The Morgan fingerprint density at radius 2 is 1.52 bits per heavy atom. The summed E-state index contributed by atoms with van der Waals surface area (Å²) in [5, 5.41) is 20.3. The number of hydrogen-bond donors (Lipinski definition) is 4. The zero-order chi connectivity index (χ0) is 38.5. The first-order valence-electron chi connectivity index (χ1n) is 18.8. The number of unbranched alkanes of at least 4 members (excludes halogenated alkanes) is 3. The fourth-order valence-corrected chi connectivity index (χ4v) is 6.02. The summed E-state index contributed by atoms with van der Waals surface area (Å²) in [6.07, 6.45) is 12.3. The van der Waals surface area contributed by atoms with E-state index in [0.29, 0.717) is 6.54 Å². The SMILES string of the molecule is C=C1CNC(=O)CNC(=O)CNC(=O)C2CCCCN12.CCCC.CCCCCC(O)(CC)c1ccc(Cl)cc1.COn1cc(C)c2ccccc21. The molecule has 11 heteroatoms. The van der Waals surface area contributed by atoms with Gasteiger partial charge in [-0.15, -0.1) is 0 Å². The fourth-order valence-electron chi connectivity index (χ4n) is 5.89. The second kappa shape index (κ2) is 23.5. The lowest BCUT2D eigenvalue weighted by atomic mass is 9.86. The Bertz CT molecular complexity index is 1500. The van der Waals surface area contributed by atoms with Crippen molar-refractivity contribution in [3.63, 3.8) is 0 Å². The number of nitrogens with one attached hydrogen (secondary N) is 3. The Kier molecular flexibility index (Phi) is 20.0. The van der Waals surface area contributed by atoms with Gasteiger partial charge in [-0.3, -0.25) is 14.4 Å². The van der Waals surface area contributed by atoms with E-state index in [-0.39, 0.29) is 36.9 Å². The first kappa shape index (κ1) is 44.1. The zero-order valence-corrected chi connectivity index (χ0v) is 33.0. The maximum absolute atomic E-state index is 12.2. The van der Waals surface area contributed by atoms with Crippen molar-refractivity contribution < 1.29 is 24.3 Å². The lowest BCUT2D eigenvalue weighted by Gasteiger charge is -2.37. The highest BCUT2D eigenvalue weighted by Crippen LogP contribution is 2.31. The molecule has 288 valence electrons. The fraction of sp³-hybridized carbons (Fsp3) is 0.537. The Balaban J connectivity index is 0.000000263. The molecule has 4 N–H and O–H groups in total. The van der Waals surface area contributed by atoms with Crippen molar-refractivity contribution >= 4 is 40.2 Å². The number of hydrogen-bond acceptors (Lipinski definition) is 6. The third kappa shape index (κ3) is 14.2. The van der Waals surface area contributed by atoms with Crippen LogP contribution in [0, 0.1) is 6.92 Å². The minimum atomic E-state index is -0.681. The van der Waals surface area contributed by atoms with Crippen LogP contribution < -0.4 is 20.8 Å². The Morgan fingerprint density at radius 3 is 2.13 bits per heavy atom. The largest absolute Gasteiger partial charge is 0.417 e. The Morgan fingerprint density at radius 1 is 0.885 bits per heavy atom. The summed E-state index contributed by atoms with van der Waals surface area (Å²) in [7, 11) is 1.67. The number of fused-ring (bicyclic) bond motifs is 2. The predicted molar refractivity (Wildman–Crippen MR) is 212 cm³/mol. The van der Waals surface area contributed by atoms with Crippen LogP contribution in [0.1, 0.15) is 103 Å². The van der Waals surface area contributed by atoms with Crippen molar-refractivity contribution in [1.82, 2.24) is 25.6 Å². The molecule has 0 bridgehead atoms. The standard InChI is InChI=1S/C14H21ClO.C13H20N4O3.C10H11NO.C4H10/c1-3-5-6-11-14(16,4-2)12-7-9-13(15)10-8-12;1-9-6-14-11(18)7-15-12(19)8-16-13(20)10-4-2-3-5-17(9)10;1-8-7-11(12-2)10-6-4-3-5-9(8)10;1-3-4-2/h7-10,16H,3-6,11H2,1-2H3;10H,1-8H2,(H,14,18)(H,15,19)(H,16,20);3-7H,1-2H3;3-4H2,1-2H3. The zero-order valence-electron chi connectivity index (χ0n) is 32.2. The molecule has 3 heterocycles. The summed E-state index contributed by atoms with van der Waals surface area (Å²) in [5.74, 6) is -0.789. The lowest BCUT2D eigenvalue weighted by molar-refractivity contribution is -0.130. The lowest BCUT2D eigenvalue weighted by Crippen LogP contribution is -2.53. The molecule has 52 heavy (non-hydrogen) atoms. The van der Waals surface area contributed by atoms with Crippen LogP contribution in [-0.2, 0) is 20.0 Å². The van der Waals surface area contributed by atoms with E-state index in [0.717, 1.165) is 66.9 Å². The number of carbonyl (C=O) groups is 3.